The average molecular weight is 392 g/mol. The first-order chi connectivity index (χ1) is 12.6. The second-order valence-electron chi connectivity index (χ2n) is 6.34. The zero-order valence-electron chi connectivity index (χ0n) is 14.6. The van der Waals surface area contributed by atoms with E-state index in [1.165, 1.54) is 24.3 Å². The van der Waals surface area contributed by atoms with Crippen molar-refractivity contribution in [1.82, 2.24) is 4.98 Å². The number of carboxylic acid groups (broad SMARTS) is 1. The van der Waals surface area contributed by atoms with Crippen molar-refractivity contribution >= 4 is 39.1 Å². The number of carboxylic acids is 1. The first-order valence-electron chi connectivity index (χ1n) is 8.04. The van der Waals surface area contributed by atoms with Gasteiger partial charge in [0.05, 0.1) is 16.2 Å². The Bertz CT molecular complexity index is 1100. The first kappa shape index (κ1) is 18.8. The van der Waals surface area contributed by atoms with E-state index >= 15 is 0 Å². The molecule has 0 spiro atoms. The van der Waals surface area contributed by atoms with Gasteiger partial charge in [-0.25, -0.2) is 12.8 Å². The molecule has 0 unspecified atom stereocenters. The van der Waals surface area contributed by atoms with Crippen LogP contribution in [0.2, 0.25) is 0 Å². The lowest BCUT2D eigenvalue weighted by Gasteiger charge is -2.04. The number of halogens is 1. The van der Waals surface area contributed by atoms with Gasteiger partial charge >= 0.3 is 5.97 Å². The van der Waals surface area contributed by atoms with Crippen LogP contribution in [0.15, 0.2) is 23.1 Å². The molecule has 7 nitrogen and oxygen atoms in total. The fourth-order valence-corrected chi connectivity index (χ4v) is 4.51. The molecule has 1 aromatic heterocycles. The van der Waals surface area contributed by atoms with Crippen LogP contribution in [-0.2, 0) is 25.8 Å². The summed E-state index contributed by atoms with van der Waals surface area (Å²) >= 11 is 0. The molecule has 1 aliphatic rings. The Morgan fingerprint density at radius 1 is 1.33 bits per heavy atom. The van der Waals surface area contributed by atoms with E-state index in [4.69, 9.17) is 5.11 Å². The van der Waals surface area contributed by atoms with Gasteiger partial charge in [-0.2, -0.15) is 0 Å². The number of hydrogen-bond acceptors (Lipinski definition) is 4. The van der Waals surface area contributed by atoms with Crippen LogP contribution in [0.4, 0.5) is 10.1 Å². The molecule has 9 heteroatoms. The van der Waals surface area contributed by atoms with Crippen LogP contribution in [0, 0.1) is 12.7 Å². The van der Waals surface area contributed by atoms with Crippen molar-refractivity contribution in [3.05, 3.63) is 46.5 Å². The van der Waals surface area contributed by atoms with E-state index in [0.29, 0.717) is 28.2 Å². The number of aromatic amines is 1. The number of H-pyrrole nitrogens is 1. The summed E-state index contributed by atoms with van der Waals surface area (Å²) in [7, 11) is -3.61. The molecule has 1 amide bonds. The topological polar surface area (TPSA) is 116 Å². The van der Waals surface area contributed by atoms with E-state index in [1.54, 1.807) is 6.92 Å². The van der Waals surface area contributed by atoms with E-state index in [1.807, 2.05) is 0 Å². The molecule has 0 fully saturated rings. The monoisotopic (exact) mass is 392 g/mol. The maximum Gasteiger partial charge on any atom is 0.303 e. The summed E-state index contributed by atoms with van der Waals surface area (Å²) in [5, 5.41) is 11.5. The van der Waals surface area contributed by atoms with Gasteiger partial charge in [-0.15, -0.1) is 0 Å². The lowest BCUT2D eigenvalue weighted by atomic mass is 10.0. The molecule has 0 saturated heterocycles. The Morgan fingerprint density at radius 3 is 2.67 bits per heavy atom. The van der Waals surface area contributed by atoms with E-state index < -0.39 is 27.5 Å². The van der Waals surface area contributed by atoms with Gasteiger partial charge in [-0.05, 0) is 43.2 Å². The van der Waals surface area contributed by atoms with Gasteiger partial charge in [0.1, 0.15) is 5.82 Å². The molecule has 3 N–H and O–H groups in total. The summed E-state index contributed by atoms with van der Waals surface area (Å²) in [6.07, 6.45) is 2.24. The van der Waals surface area contributed by atoms with Gasteiger partial charge in [-0.1, -0.05) is 0 Å². The predicted molar refractivity (Wildman–Crippen MR) is 97.5 cm³/mol. The van der Waals surface area contributed by atoms with Crippen molar-refractivity contribution in [3.63, 3.8) is 0 Å². The number of anilines is 1. The van der Waals surface area contributed by atoms with Crippen LogP contribution in [0.5, 0.6) is 0 Å². The highest BCUT2D eigenvalue weighted by molar-refractivity contribution is 7.90. The number of fused-ring (bicyclic) bond motifs is 1. The van der Waals surface area contributed by atoms with E-state index in [0.717, 1.165) is 6.26 Å². The highest BCUT2D eigenvalue weighted by Gasteiger charge is 2.27. The SMILES string of the molecule is Cc1[nH]c(C=C2C(=O)Nc3cc(F)ccc32)c(CCC(=O)O)c1S(C)(=O)=O. The lowest BCUT2D eigenvalue weighted by molar-refractivity contribution is -0.137. The number of amides is 1. The molecule has 2 heterocycles. The Labute approximate surface area is 154 Å². The molecule has 0 saturated carbocycles. The van der Waals surface area contributed by atoms with Crippen LogP contribution in [-0.4, -0.2) is 36.6 Å². The summed E-state index contributed by atoms with van der Waals surface area (Å²) in [5.74, 6) is -2.01. The molecule has 0 atom stereocenters. The molecule has 2 aromatic rings. The molecule has 0 radical (unpaired) electrons. The Morgan fingerprint density at radius 2 is 2.04 bits per heavy atom. The minimum atomic E-state index is -3.61. The third kappa shape index (κ3) is 3.63. The maximum atomic E-state index is 13.4. The highest BCUT2D eigenvalue weighted by Crippen LogP contribution is 2.35. The number of carbonyl (C=O) groups is 2. The Kier molecular flexibility index (Phi) is 4.64. The van der Waals surface area contributed by atoms with Crippen LogP contribution in [0.3, 0.4) is 0 Å². The number of hydrogen-bond donors (Lipinski definition) is 3. The number of carbonyl (C=O) groups excluding carboxylic acids is 1. The standard InChI is InChI=1S/C18H17FN2O5S/c1-9-17(27(2,25)26)12(5-6-16(22)23)15(20-9)8-13-11-4-3-10(19)7-14(11)21-18(13)24/h3-4,7-8,20H,5-6H2,1-2H3,(H,21,24)(H,22,23). The molecule has 1 aliphatic heterocycles. The normalized spacial score (nSPS) is 15.1. The average Bonchev–Trinajstić information content (AvgIpc) is 3.01. The maximum absolute atomic E-state index is 13.4. The minimum Gasteiger partial charge on any atom is -0.481 e. The second kappa shape index (κ2) is 6.66. The molecular weight excluding hydrogens is 375 g/mol. The van der Waals surface area contributed by atoms with Crippen LogP contribution in [0.25, 0.3) is 11.6 Å². The van der Waals surface area contributed by atoms with E-state index in [-0.39, 0.29) is 23.3 Å². The molecule has 0 bridgehead atoms. The van der Waals surface area contributed by atoms with Crippen molar-refractivity contribution in [2.75, 3.05) is 11.6 Å². The fraction of sp³-hybridized carbons (Fsp3) is 0.222. The van der Waals surface area contributed by atoms with Crippen LogP contribution < -0.4 is 5.32 Å². The summed E-state index contributed by atoms with van der Waals surface area (Å²) in [6, 6.07) is 3.88. The van der Waals surface area contributed by atoms with Crippen molar-refractivity contribution in [1.29, 1.82) is 0 Å². The van der Waals surface area contributed by atoms with Gasteiger partial charge in [0, 0.05) is 29.6 Å². The van der Waals surface area contributed by atoms with Gasteiger partial charge in [0.15, 0.2) is 9.84 Å². The number of aryl methyl sites for hydroxylation is 1. The van der Waals surface area contributed by atoms with Gasteiger partial charge < -0.3 is 15.4 Å². The quantitative estimate of drug-likeness (QED) is 0.676. The number of benzene rings is 1. The summed E-state index contributed by atoms with van der Waals surface area (Å²) in [4.78, 5) is 26.2. The van der Waals surface area contributed by atoms with Crippen LogP contribution in [0.1, 0.15) is 28.9 Å². The van der Waals surface area contributed by atoms with E-state index in [9.17, 15) is 22.4 Å². The summed E-state index contributed by atoms with van der Waals surface area (Å²) in [5.41, 5.74) is 2.07. The number of aromatic nitrogens is 1. The smallest absolute Gasteiger partial charge is 0.303 e. The third-order valence-electron chi connectivity index (χ3n) is 4.27. The van der Waals surface area contributed by atoms with Gasteiger partial charge in [0.25, 0.3) is 5.91 Å². The largest absolute Gasteiger partial charge is 0.481 e. The number of sulfone groups is 1. The van der Waals surface area contributed by atoms with Crippen molar-refractivity contribution in [3.8, 4) is 0 Å². The zero-order chi connectivity index (χ0) is 19.9. The summed E-state index contributed by atoms with van der Waals surface area (Å²) in [6.45, 7) is 1.57. The minimum absolute atomic E-state index is 0.0148. The Balaban J connectivity index is 2.16. The molecule has 27 heavy (non-hydrogen) atoms. The lowest BCUT2D eigenvalue weighted by Crippen LogP contribution is -2.06. The molecule has 142 valence electrons. The van der Waals surface area contributed by atoms with Crippen molar-refractivity contribution < 1.29 is 27.5 Å². The van der Waals surface area contributed by atoms with Crippen molar-refractivity contribution in [2.24, 2.45) is 0 Å². The predicted octanol–water partition coefficient (Wildman–Crippen LogP) is 2.38. The fourth-order valence-electron chi connectivity index (χ4n) is 3.24. The second-order valence-corrected chi connectivity index (χ2v) is 8.29. The van der Waals surface area contributed by atoms with Crippen molar-refractivity contribution in [2.45, 2.75) is 24.7 Å². The number of aliphatic carboxylic acids is 1. The van der Waals surface area contributed by atoms with Gasteiger partial charge in [-0.3, -0.25) is 9.59 Å². The molecular formula is C18H17FN2O5S. The van der Waals surface area contributed by atoms with E-state index in [2.05, 4.69) is 10.3 Å². The Hall–Kier alpha value is -2.94. The third-order valence-corrected chi connectivity index (χ3v) is 5.57. The molecule has 0 aliphatic carbocycles. The first-order valence-corrected chi connectivity index (χ1v) is 9.93. The number of rotatable bonds is 5. The van der Waals surface area contributed by atoms with Gasteiger partial charge in [0.2, 0.25) is 0 Å². The van der Waals surface area contributed by atoms with Crippen LogP contribution >= 0.6 is 0 Å². The number of nitrogens with one attached hydrogen (secondary N) is 2. The highest BCUT2D eigenvalue weighted by atomic mass is 32.2. The zero-order valence-corrected chi connectivity index (χ0v) is 15.4. The molecule has 1 aromatic carbocycles. The summed E-state index contributed by atoms with van der Waals surface area (Å²) < 4.78 is 37.7. The molecule has 3 rings (SSSR count).